The summed E-state index contributed by atoms with van der Waals surface area (Å²) in [5.74, 6) is -1.41. The van der Waals surface area contributed by atoms with Gasteiger partial charge in [0.25, 0.3) is 0 Å². The molecule has 20 nitrogen and oxygen atoms in total. The molecule has 82 heavy (non-hydrogen) atoms. The van der Waals surface area contributed by atoms with Crippen LogP contribution in [-0.2, 0) is 40.5 Å². The molecule has 5 aromatic carbocycles. The lowest BCUT2D eigenvalue weighted by Gasteiger charge is -2.38. The molecule has 5 aromatic rings. The molecule has 1 aliphatic carbocycles. The van der Waals surface area contributed by atoms with Crippen molar-refractivity contribution in [1.82, 2.24) is 30.1 Å². The van der Waals surface area contributed by atoms with Crippen molar-refractivity contribution in [3.05, 3.63) is 143 Å². The first-order valence-corrected chi connectivity index (χ1v) is 29.1. The van der Waals surface area contributed by atoms with Crippen LogP contribution >= 0.6 is 0 Å². The number of fused-ring (bicyclic) bond motifs is 4. The Bertz CT molecular complexity index is 3310. The summed E-state index contributed by atoms with van der Waals surface area (Å²) < 4.78 is 40.5. The summed E-state index contributed by atoms with van der Waals surface area (Å²) >= 11 is 0. The number of urea groups is 1. The Hall–Kier alpha value is -8.56. The molecule has 2 aliphatic heterocycles. The second-order valence-corrected chi connectivity index (χ2v) is 23.0. The molecule has 2 atom stereocenters. The second-order valence-electron chi connectivity index (χ2n) is 21.1. The van der Waals surface area contributed by atoms with Crippen LogP contribution in [0, 0.1) is 11.8 Å². The van der Waals surface area contributed by atoms with Crippen LogP contribution in [0.25, 0.3) is 28.3 Å². The van der Waals surface area contributed by atoms with E-state index in [1.807, 2.05) is 97.6 Å². The number of amides is 7. The molecule has 1 fully saturated rings. The first kappa shape index (κ1) is 59.6. The number of hydrogen-bond donors (Lipinski definition) is 6. The summed E-state index contributed by atoms with van der Waals surface area (Å²) in [5, 5.41) is 10.9. The zero-order chi connectivity index (χ0) is 58.7. The van der Waals surface area contributed by atoms with Gasteiger partial charge in [-0.25, -0.2) is 27.8 Å². The van der Waals surface area contributed by atoms with Crippen molar-refractivity contribution < 1.29 is 46.7 Å². The highest BCUT2D eigenvalue weighted by molar-refractivity contribution is 7.89. The summed E-state index contributed by atoms with van der Waals surface area (Å²) in [5.41, 5.74) is 19.5. The highest BCUT2D eigenvalue weighted by atomic mass is 32.2. The molecule has 0 saturated carbocycles. The summed E-state index contributed by atoms with van der Waals surface area (Å²) in [7, 11) is -2.38. The van der Waals surface area contributed by atoms with Crippen LogP contribution in [0.3, 0.4) is 0 Å². The van der Waals surface area contributed by atoms with Gasteiger partial charge in [0.2, 0.25) is 27.7 Å². The van der Waals surface area contributed by atoms with Crippen molar-refractivity contribution in [1.29, 1.82) is 0 Å². The molecule has 3 aliphatic rings. The molecule has 0 spiro atoms. The Labute approximate surface area is 478 Å². The summed E-state index contributed by atoms with van der Waals surface area (Å²) in [6, 6.07) is 31.3. The van der Waals surface area contributed by atoms with Crippen molar-refractivity contribution in [2.24, 2.45) is 28.3 Å². The monoisotopic (exact) mass is 1140 g/mol. The average molecular weight is 1140 g/mol. The van der Waals surface area contributed by atoms with Crippen molar-refractivity contribution >= 4 is 69.2 Å². The van der Waals surface area contributed by atoms with E-state index in [1.54, 1.807) is 56.3 Å². The van der Waals surface area contributed by atoms with Gasteiger partial charge >= 0.3 is 18.2 Å². The van der Waals surface area contributed by atoms with Gasteiger partial charge < -0.3 is 47.1 Å². The molecule has 432 valence electrons. The standard InChI is InChI=1S/C61H72N10O10S/c1-6-28-70(29-7-2)58(74)44-30-43-24-23-42(32-52(43)67-53(62)33-44)41-14-12-15-46(31-41)82(78,79)71-35-40(36-71)34-65-60(76)80-37-39-21-25-45(26-22-39)66-56(72)51(20-13-27-64-59(63)75)68-57(73)54(38(3)4)69(5)61(77)81-55-49-18-10-8-16-47(49)48-17-9-11-19-50(48)55/h8-12,14-19,21-26,30-32,38,40,51,54-55H,6-7,13,20,27-29,33-37H2,1-5H3,(H2,62,67)(H,65,76)(H,66,72)(H,68,73)(H3,63,64,75)/t51-,54-/m0/s1. The predicted octanol–water partition coefficient (Wildman–Crippen LogP) is 8.06. The molecule has 2 heterocycles. The first-order valence-electron chi connectivity index (χ1n) is 27.7. The number of amidine groups is 1. The van der Waals surface area contributed by atoms with Gasteiger partial charge in [-0.05, 0) is 95.8 Å². The lowest BCUT2D eigenvalue weighted by molar-refractivity contribution is -0.131. The van der Waals surface area contributed by atoms with Gasteiger partial charge in [0, 0.05) is 86.6 Å². The number of hydrogen-bond acceptors (Lipinski definition) is 12. The van der Waals surface area contributed by atoms with E-state index >= 15 is 0 Å². The molecule has 0 bridgehead atoms. The molecule has 1 saturated heterocycles. The number of aliphatic imine (C=N–C) groups is 1. The van der Waals surface area contributed by atoms with Gasteiger partial charge in [-0.1, -0.05) is 113 Å². The molecule has 21 heteroatoms. The van der Waals surface area contributed by atoms with E-state index in [9.17, 15) is 37.2 Å². The number of carbonyl (C=O) groups is 6. The molecule has 7 amide bonds. The van der Waals surface area contributed by atoms with Gasteiger partial charge in [0.15, 0.2) is 6.10 Å². The Morgan fingerprint density at radius 3 is 2.11 bits per heavy atom. The van der Waals surface area contributed by atoms with E-state index in [1.165, 1.54) is 16.3 Å². The maximum Gasteiger partial charge on any atom is 0.411 e. The number of alkyl carbamates (subject to hydrolysis) is 1. The zero-order valence-electron chi connectivity index (χ0n) is 46.9. The van der Waals surface area contributed by atoms with E-state index < -0.39 is 64.2 Å². The maximum atomic E-state index is 14.1. The second kappa shape index (κ2) is 26.8. The minimum atomic E-state index is -3.87. The summed E-state index contributed by atoms with van der Waals surface area (Å²) in [4.78, 5) is 87.3. The molecular formula is C61H72N10O10S. The first-order chi connectivity index (χ1) is 39.3. The fourth-order valence-electron chi connectivity index (χ4n) is 10.4. The van der Waals surface area contributed by atoms with E-state index in [-0.39, 0.29) is 68.8 Å². The van der Waals surface area contributed by atoms with Crippen LogP contribution in [0.4, 0.5) is 25.8 Å². The highest BCUT2D eigenvalue weighted by Gasteiger charge is 2.39. The Balaban J connectivity index is 0.808. The smallest absolute Gasteiger partial charge is 0.411 e. The number of sulfonamides is 1. The largest absolute Gasteiger partial charge is 0.445 e. The zero-order valence-corrected chi connectivity index (χ0v) is 47.7. The fraction of sp³-hybridized carbons (Fsp3) is 0.361. The van der Waals surface area contributed by atoms with E-state index in [2.05, 4.69) is 26.3 Å². The Morgan fingerprint density at radius 2 is 1.46 bits per heavy atom. The molecule has 0 aromatic heterocycles. The predicted molar refractivity (Wildman–Crippen MR) is 314 cm³/mol. The number of nitrogens with two attached hydrogens (primary N) is 2. The van der Waals surface area contributed by atoms with Gasteiger partial charge in [0.05, 0.1) is 10.6 Å². The van der Waals surface area contributed by atoms with Crippen LogP contribution in [0.15, 0.2) is 131 Å². The van der Waals surface area contributed by atoms with Gasteiger partial charge in [-0.3, -0.25) is 19.3 Å². The lowest BCUT2D eigenvalue weighted by atomic mass is 10.0. The van der Waals surface area contributed by atoms with Gasteiger partial charge in [-0.2, -0.15) is 4.31 Å². The topological polar surface area (TPSA) is 277 Å². The number of ether oxygens (including phenoxy) is 2. The normalized spacial score (nSPS) is 14.7. The Kier molecular flexibility index (Phi) is 19.5. The number of primary amides is 1. The number of likely N-dealkylation sites (N-methyl/N-ethyl adjacent to an activating group) is 1. The number of benzene rings is 5. The number of rotatable bonds is 23. The number of nitrogens with one attached hydrogen (secondary N) is 4. The number of nitrogens with zero attached hydrogens (tertiary/aromatic N) is 4. The van der Waals surface area contributed by atoms with E-state index in [0.717, 1.165) is 46.2 Å². The van der Waals surface area contributed by atoms with Crippen molar-refractivity contribution in [2.45, 2.75) is 89.5 Å². The minimum absolute atomic E-state index is 0.0572. The van der Waals surface area contributed by atoms with Crippen LogP contribution in [0.1, 0.15) is 88.2 Å². The van der Waals surface area contributed by atoms with E-state index in [0.29, 0.717) is 47.0 Å². The van der Waals surface area contributed by atoms with E-state index in [4.69, 9.17) is 20.9 Å². The summed E-state index contributed by atoms with van der Waals surface area (Å²) in [6.07, 6.45) is 2.06. The van der Waals surface area contributed by atoms with Crippen molar-refractivity contribution in [3.8, 4) is 22.3 Å². The average Bonchev–Trinajstić information content (AvgIpc) is 3.71. The molecule has 0 unspecified atom stereocenters. The quantitative estimate of drug-likeness (QED) is 0.0340. The molecular weight excluding hydrogens is 1060 g/mol. The van der Waals surface area contributed by atoms with Crippen LogP contribution in [0.2, 0.25) is 0 Å². The van der Waals surface area contributed by atoms with Crippen LogP contribution in [-0.4, -0.2) is 123 Å². The number of anilines is 1. The molecule has 0 radical (unpaired) electrons. The van der Waals surface area contributed by atoms with Crippen LogP contribution < -0.4 is 32.7 Å². The van der Waals surface area contributed by atoms with Crippen molar-refractivity contribution in [3.63, 3.8) is 0 Å². The summed E-state index contributed by atoms with van der Waals surface area (Å²) in [6.45, 7) is 9.57. The third kappa shape index (κ3) is 14.3. The minimum Gasteiger partial charge on any atom is -0.445 e. The fourth-order valence-corrected chi connectivity index (χ4v) is 12.1. The third-order valence-corrected chi connectivity index (χ3v) is 16.4. The third-order valence-electron chi connectivity index (χ3n) is 14.6. The number of carbonyl (C=O) groups excluding carboxylic acids is 6. The SMILES string of the molecule is CCCN(CCC)C(=O)C1=Cc2ccc(-c3cccc(S(=O)(=O)N4CC(CNC(=O)OCc5ccc(NC(=O)[C@H](CCCNC(N)=O)NC(=O)[C@H](C(C)C)N(C)C(=O)OC6c7ccccc7-c7ccccc76)cc5)C4)c3)cc2N=C(N)C1. The lowest BCUT2D eigenvalue weighted by Crippen LogP contribution is -2.55. The highest BCUT2D eigenvalue weighted by Crippen LogP contribution is 2.45. The van der Waals surface area contributed by atoms with Crippen LogP contribution in [0.5, 0.6) is 0 Å². The van der Waals surface area contributed by atoms with Gasteiger partial charge in [-0.15, -0.1) is 0 Å². The van der Waals surface area contributed by atoms with Crippen molar-refractivity contribution in [2.75, 3.05) is 51.6 Å². The Morgan fingerprint density at radius 1 is 0.805 bits per heavy atom. The van der Waals surface area contributed by atoms with Gasteiger partial charge in [0.1, 0.15) is 24.5 Å². The maximum absolute atomic E-state index is 14.1. The molecule has 8 rings (SSSR count). The molecule has 8 N–H and O–H groups in total.